The molecule has 2 aromatic rings. The van der Waals surface area contributed by atoms with Crippen molar-refractivity contribution in [3.05, 3.63) is 52.0 Å². The lowest BCUT2D eigenvalue weighted by atomic mass is 10.1. The van der Waals surface area contributed by atoms with Crippen LogP contribution in [-0.4, -0.2) is 11.7 Å². The van der Waals surface area contributed by atoms with Crippen molar-refractivity contribution in [1.29, 1.82) is 0 Å². The molecular formula is C14H7Cl2NO2S. The molecule has 0 saturated carbocycles. The predicted octanol–water partition coefficient (Wildman–Crippen LogP) is 4.28. The van der Waals surface area contributed by atoms with Crippen molar-refractivity contribution in [2.75, 3.05) is 5.32 Å². The van der Waals surface area contributed by atoms with Gasteiger partial charge in [0, 0.05) is 14.8 Å². The van der Waals surface area contributed by atoms with Gasteiger partial charge in [-0.05, 0) is 36.4 Å². The van der Waals surface area contributed by atoms with Gasteiger partial charge in [-0.1, -0.05) is 35.0 Å². The van der Waals surface area contributed by atoms with Crippen molar-refractivity contribution >= 4 is 52.3 Å². The van der Waals surface area contributed by atoms with E-state index in [1.165, 1.54) is 17.8 Å². The zero-order valence-electron chi connectivity index (χ0n) is 9.94. The minimum absolute atomic E-state index is 0.320. The number of ketones is 1. The van der Waals surface area contributed by atoms with Gasteiger partial charge < -0.3 is 5.32 Å². The van der Waals surface area contributed by atoms with Crippen LogP contribution in [0.1, 0.15) is 10.4 Å². The third-order valence-corrected chi connectivity index (χ3v) is 4.55. The molecule has 0 bridgehead atoms. The molecule has 0 spiro atoms. The fourth-order valence-electron chi connectivity index (χ4n) is 1.85. The van der Waals surface area contributed by atoms with Gasteiger partial charge in [0.1, 0.15) is 0 Å². The van der Waals surface area contributed by atoms with Crippen molar-refractivity contribution in [2.24, 2.45) is 0 Å². The molecule has 0 radical (unpaired) electrons. The second-order valence-corrected chi connectivity index (χ2v) is 6.13. The number of carbonyl (C=O) groups excluding carboxylic acids is 2. The average Bonchev–Trinajstić information content (AvgIpc) is 2.69. The SMILES string of the molecule is O=C1Nc2cc(Sc3ccc(Cl)cc3)c(Cl)cc2C1=O. The van der Waals surface area contributed by atoms with E-state index in [0.29, 0.717) is 21.3 Å². The number of rotatable bonds is 2. The van der Waals surface area contributed by atoms with Gasteiger partial charge in [-0.15, -0.1) is 0 Å². The first-order valence-corrected chi connectivity index (χ1v) is 7.24. The molecule has 3 rings (SSSR count). The van der Waals surface area contributed by atoms with Gasteiger partial charge in [0.25, 0.3) is 11.7 Å². The van der Waals surface area contributed by atoms with E-state index in [-0.39, 0.29) is 0 Å². The lowest BCUT2D eigenvalue weighted by Gasteiger charge is -2.07. The molecule has 1 aliphatic heterocycles. The van der Waals surface area contributed by atoms with E-state index >= 15 is 0 Å². The first-order chi connectivity index (χ1) is 9.54. The summed E-state index contributed by atoms with van der Waals surface area (Å²) in [6.45, 7) is 0. The fourth-order valence-corrected chi connectivity index (χ4v) is 3.12. The summed E-state index contributed by atoms with van der Waals surface area (Å²) in [7, 11) is 0. The standard InChI is InChI=1S/C14H7Cl2NO2S/c15-7-1-3-8(4-2-7)20-12-6-11-9(5-10(12)16)13(18)14(19)17-11/h1-6H,(H,17,18,19). The van der Waals surface area contributed by atoms with E-state index in [1.54, 1.807) is 18.2 Å². The Hall–Kier alpha value is -1.49. The van der Waals surface area contributed by atoms with Gasteiger partial charge in [0.2, 0.25) is 0 Å². The Morgan fingerprint density at radius 2 is 1.70 bits per heavy atom. The lowest BCUT2D eigenvalue weighted by Crippen LogP contribution is -2.12. The highest BCUT2D eigenvalue weighted by Crippen LogP contribution is 2.38. The van der Waals surface area contributed by atoms with E-state index in [9.17, 15) is 9.59 Å². The summed E-state index contributed by atoms with van der Waals surface area (Å²) in [6, 6.07) is 10.6. The Morgan fingerprint density at radius 3 is 2.40 bits per heavy atom. The van der Waals surface area contributed by atoms with Crippen LogP contribution in [-0.2, 0) is 4.79 Å². The lowest BCUT2D eigenvalue weighted by molar-refractivity contribution is -0.112. The van der Waals surface area contributed by atoms with E-state index in [4.69, 9.17) is 23.2 Å². The molecule has 1 aliphatic rings. The van der Waals surface area contributed by atoms with Gasteiger partial charge in [-0.25, -0.2) is 0 Å². The van der Waals surface area contributed by atoms with Crippen LogP contribution in [0.2, 0.25) is 10.0 Å². The summed E-state index contributed by atoms with van der Waals surface area (Å²) >= 11 is 13.4. The summed E-state index contributed by atoms with van der Waals surface area (Å²) in [5.41, 5.74) is 0.821. The van der Waals surface area contributed by atoms with Crippen molar-refractivity contribution in [2.45, 2.75) is 9.79 Å². The number of amides is 1. The maximum absolute atomic E-state index is 11.6. The molecule has 3 nitrogen and oxygen atoms in total. The molecule has 6 heteroatoms. The molecule has 0 fully saturated rings. The molecule has 2 aromatic carbocycles. The zero-order chi connectivity index (χ0) is 14.3. The summed E-state index contributed by atoms with van der Waals surface area (Å²) < 4.78 is 0. The Morgan fingerprint density at radius 1 is 1.00 bits per heavy atom. The first kappa shape index (κ1) is 13.5. The Kier molecular flexibility index (Phi) is 3.46. The number of fused-ring (bicyclic) bond motifs is 1. The first-order valence-electron chi connectivity index (χ1n) is 5.67. The Bertz CT molecular complexity index is 729. The largest absolute Gasteiger partial charge is 0.318 e. The van der Waals surface area contributed by atoms with Crippen LogP contribution < -0.4 is 5.32 Å². The molecule has 1 N–H and O–H groups in total. The number of hydrogen-bond donors (Lipinski definition) is 1. The second-order valence-electron chi connectivity index (χ2n) is 4.17. The normalized spacial score (nSPS) is 13.3. The monoisotopic (exact) mass is 323 g/mol. The summed E-state index contributed by atoms with van der Waals surface area (Å²) in [6.07, 6.45) is 0. The van der Waals surface area contributed by atoms with Crippen molar-refractivity contribution in [1.82, 2.24) is 0 Å². The molecule has 1 heterocycles. The van der Waals surface area contributed by atoms with Gasteiger partial charge in [-0.3, -0.25) is 9.59 Å². The molecule has 0 atom stereocenters. The minimum atomic E-state index is -0.621. The number of nitrogens with one attached hydrogen (secondary N) is 1. The van der Waals surface area contributed by atoms with Gasteiger partial charge in [0.05, 0.1) is 16.3 Å². The number of halogens is 2. The maximum Gasteiger partial charge on any atom is 0.296 e. The van der Waals surface area contributed by atoms with Gasteiger partial charge in [0.15, 0.2) is 0 Å². The van der Waals surface area contributed by atoms with Gasteiger partial charge in [-0.2, -0.15) is 0 Å². The summed E-state index contributed by atoms with van der Waals surface area (Å²) in [5, 5.41) is 3.63. The van der Waals surface area contributed by atoms with E-state index < -0.39 is 11.7 Å². The van der Waals surface area contributed by atoms with Crippen LogP contribution in [0.3, 0.4) is 0 Å². The molecule has 1 amide bonds. The van der Waals surface area contributed by atoms with E-state index in [1.807, 2.05) is 12.1 Å². The van der Waals surface area contributed by atoms with Crippen LogP contribution in [0.25, 0.3) is 0 Å². The van der Waals surface area contributed by atoms with Crippen molar-refractivity contribution in [3.8, 4) is 0 Å². The quantitative estimate of drug-likeness (QED) is 0.839. The topological polar surface area (TPSA) is 46.2 Å². The number of benzene rings is 2. The predicted molar refractivity (Wildman–Crippen MR) is 80.0 cm³/mol. The maximum atomic E-state index is 11.6. The highest BCUT2D eigenvalue weighted by Gasteiger charge is 2.29. The number of Topliss-reactive ketones (excluding diaryl/α,β-unsaturated/α-hetero) is 1. The number of anilines is 1. The zero-order valence-corrected chi connectivity index (χ0v) is 12.3. The van der Waals surface area contributed by atoms with Crippen LogP contribution in [0.15, 0.2) is 46.2 Å². The molecule has 0 aromatic heterocycles. The van der Waals surface area contributed by atoms with E-state index in [0.717, 1.165) is 9.79 Å². The van der Waals surface area contributed by atoms with Crippen LogP contribution in [0.4, 0.5) is 5.69 Å². The van der Waals surface area contributed by atoms with Crippen molar-refractivity contribution in [3.63, 3.8) is 0 Å². The van der Waals surface area contributed by atoms with Gasteiger partial charge >= 0.3 is 0 Å². The molecule has 0 aliphatic carbocycles. The molecule has 0 saturated heterocycles. The smallest absolute Gasteiger partial charge is 0.296 e. The van der Waals surface area contributed by atoms with Crippen molar-refractivity contribution < 1.29 is 9.59 Å². The van der Waals surface area contributed by atoms with Crippen LogP contribution in [0, 0.1) is 0 Å². The number of hydrogen-bond acceptors (Lipinski definition) is 3. The summed E-state index contributed by atoms with van der Waals surface area (Å²) in [4.78, 5) is 24.6. The highest BCUT2D eigenvalue weighted by molar-refractivity contribution is 7.99. The second kappa shape index (κ2) is 5.13. The number of carbonyl (C=O) groups is 2. The fraction of sp³-hybridized carbons (Fsp3) is 0. The summed E-state index contributed by atoms with van der Waals surface area (Å²) in [5.74, 6) is -1.17. The van der Waals surface area contributed by atoms with Crippen LogP contribution in [0.5, 0.6) is 0 Å². The third kappa shape index (κ3) is 2.42. The van der Waals surface area contributed by atoms with Crippen LogP contribution >= 0.6 is 35.0 Å². The highest BCUT2D eigenvalue weighted by atomic mass is 35.5. The van der Waals surface area contributed by atoms with E-state index in [2.05, 4.69) is 5.32 Å². The molecule has 0 unspecified atom stereocenters. The molecule has 20 heavy (non-hydrogen) atoms. The molecule has 100 valence electrons. The Labute approximate surface area is 129 Å². The molecular weight excluding hydrogens is 317 g/mol. The average molecular weight is 324 g/mol. The third-order valence-electron chi connectivity index (χ3n) is 2.81. The Balaban J connectivity index is 1.96. The minimum Gasteiger partial charge on any atom is -0.318 e.